The molecule has 1 rings (SSSR count). The summed E-state index contributed by atoms with van der Waals surface area (Å²) in [5, 5.41) is 18.2. The van der Waals surface area contributed by atoms with E-state index < -0.39 is 0 Å². The van der Waals surface area contributed by atoms with E-state index in [1.165, 1.54) is 0 Å². The summed E-state index contributed by atoms with van der Waals surface area (Å²) >= 11 is 0. The van der Waals surface area contributed by atoms with Crippen molar-refractivity contribution >= 4 is 0 Å². The van der Waals surface area contributed by atoms with Gasteiger partial charge in [-0.15, -0.1) is 0 Å². The number of aliphatic hydroxyl groups is 2. The van der Waals surface area contributed by atoms with Gasteiger partial charge in [0, 0.05) is 0 Å². The topological polar surface area (TPSA) is 43.7 Å². The molecule has 0 aromatic rings. The Bertz CT molecular complexity index is 97.8. The lowest BCUT2D eigenvalue weighted by atomic mass is 10.0. The van der Waals surface area contributed by atoms with Gasteiger partial charge in [0.15, 0.2) is 0 Å². The number of aliphatic hydroxyl groups excluding tert-OH is 2. The summed E-state index contributed by atoms with van der Waals surface area (Å²) < 4.78 is 0. The van der Waals surface area contributed by atoms with Gasteiger partial charge in [-0.3, -0.25) is 4.90 Å². The molecule has 1 heterocycles. The Labute approximate surface area is 61.3 Å². The Morgan fingerprint density at radius 3 is 2.70 bits per heavy atom. The normalized spacial score (nSPS) is 36.3. The zero-order chi connectivity index (χ0) is 7.56. The fourth-order valence-electron chi connectivity index (χ4n) is 1.46. The minimum absolute atomic E-state index is 0.0336. The lowest BCUT2D eigenvalue weighted by molar-refractivity contribution is -0.00294. The van der Waals surface area contributed by atoms with Crippen molar-refractivity contribution in [3.05, 3.63) is 0 Å². The third-order valence-electron chi connectivity index (χ3n) is 2.21. The highest BCUT2D eigenvalue weighted by Crippen LogP contribution is 2.14. The first-order valence-corrected chi connectivity index (χ1v) is 3.75. The number of likely N-dealkylation sites (tertiary alicyclic amines) is 1. The molecule has 2 N–H and O–H groups in total. The highest BCUT2D eigenvalue weighted by molar-refractivity contribution is 4.80. The maximum absolute atomic E-state index is 9.34. The number of rotatable bonds is 1. The molecule has 1 aliphatic heterocycles. The smallest absolute Gasteiger partial charge is 0.0718 e. The molecular weight excluding hydrogens is 130 g/mol. The summed E-state index contributed by atoms with van der Waals surface area (Å²) in [5.74, 6) is 0. The van der Waals surface area contributed by atoms with Gasteiger partial charge in [0.05, 0.1) is 18.8 Å². The molecule has 2 atom stereocenters. The van der Waals surface area contributed by atoms with Gasteiger partial charge in [-0.25, -0.2) is 0 Å². The highest BCUT2D eigenvalue weighted by atomic mass is 16.3. The van der Waals surface area contributed by atoms with E-state index in [1.807, 2.05) is 11.9 Å². The van der Waals surface area contributed by atoms with Gasteiger partial charge >= 0.3 is 0 Å². The number of piperidine rings is 1. The SMILES string of the molecule is CN1CCC[C@H](O)[C@H]1CO. The molecule has 1 fully saturated rings. The van der Waals surface area contributed by atoms with Crippen molar-refractivity contribution in [2.45, 2.75) is 25.0 Å². The molecular formula is C7H15NO2. The van der Waals surface area contributed by atoms with Crippen LogP contribution in [-0.4, -0.2) is 47.5 Å². The van der Waals surface area contributed by atoms with E-state index in [9.17, 15) is 5.11 Å². The molecule has 60 valence electrons. The molecule has 3 nitrogen and oxygen atoms in total. The number of nitrogens with zero attached hydrogens (tertiary/aromatic N) is 1. The average molecular weight is 145 g/mol. The summed E-state index contributed by atoms with van der Waals surface area (Å²) in [7, 11) is 1.93. The minimum Gasteiger partial charge on any atom is -0.395 e. The predicted molar refractivity (Wildman–Crippen MR) is 38.7 cm³/mol. The van der Waals surface area contributed by atoms with E-state index in [1.54, 1.807) is 0 Å². The molecule has 0 spiro atoms. The van der Waals surface area contributed by atoms with Gasteiger partial charge in [0.25, 0.3) is 0 Å². The fraction of sp³-hybridized carbons (Fsp3) is 1.00. The van der Waals surface area contributed by atoms with Crippen molar-refractivity contribution in [2.75, 3.05) is 20.2 Å². The third-order valence-corrected chi connectivity index (χ3v) is 2.21. The molecule has 0 radical (unpaired) electrons. The molecule has 0 aromatic heterocycles. The number of likely N-dealkylation sites (N-methyl/N-ethyl adjacent to an activating group) is 1. The van der Waals surface area contributed by atoms with Crippen LogP contribution in [0.1, 0.15) is 12.8 Å². The van der Waals surface area contributed by atoms with Crippen LogP contribution >= 0.6 is 0 Å². The number of hydrogen-bond acceptors (Lipinski definition) is 3. The maximum Gasteiger partial charge on any atom is 0.0718 e. The molecule has 0 aromatic carbocycles. The summed E-state index contributed by atoms with van der Waals surface area (Å²) in [4.78, 5) is 2.01. The van der Waals surface area contributed by atoms with E-state index >= 15 is 0 Å². The molecule has 3 heteroatoms. The largest absolute Gasteiger partial charge is 0.395 e. The summed E-state index contributed by atoms with van der Waals surface area (Å²) in [6.45, 7) is 1.06. The Kier molecular flexibility index (Phi) is 2.65. The van der Waals surface area contributed by atoms with Crippen LogP contribution in [0.2, 0.25) is 0 Å². The predicted octanol–water partition coefficient (Wildman–Crippen LogP) is -0.566. The third kappa shape index (κ3) is 1.48. The number of hydrogen-bond donors (Lipinski definition) is 2. The van der Waals surface area contributed by atoms with Crippen molar-refractivity contribution in [2.24, 2.45) is 0 Å². The first-order chi connectivity index (χ1) is 4.75. The van der Waals surface area contributed by atoms with Crippen LogP contribution in [0.3, 0.4) is 0 Å². The van der Waals surface area contributed by atoms with Crippen LogP contribution in [0.4, 0.5) is 0 Å². The van der Waals surface area contributed by atoms with Crippen molar-refractivity contribution in [3.63, 3.8) is 0 Å². The van der Waals surface area contributed by atoms with Crippen LogP contribution in [0.25, 0.3) is 0 Å². The van der Waals surface area contributed by atoms with Crippen molar-refractivity contribution in [3.8, 4) is 0 Å². The monoisotopic (exact) mass is 145 g/mol. The van der Waals surface area contributed by atoms with Crippen LogP contribution < -0.4 is 0 Å². The van der Waals surface area contributed by atoms with Gasteiger partial charge < -0.3 is 10.2 Å². The second-order valence-electron chi connectivity index (χ2n) is 2.94. The molecule has 1 saturated heterocycles. The van der Waals surface area contributed by atoms with Crippen molar-refractivity contribution < 1.29 is 10.2 Å². The molecule has 0 unspecified atom stereocenters. The Hall–Kier alpha value is -0.120. The second kappa shape index (κ2) is 3.32. The Morgan fingerprint density at radius 2 is 2.30 bits per heavy atom. The highest BCUT2D eigenvalue weighted by Gasteiger charge is 2.26. The minimum atomic E-state index is -0.330. The molecule has 1 aliphatic rings. The Morgan fingerprint density at radius 1 is 1.60 bits per heavy atom. The van der Waals surface area contributed by atoms with Gasteiger partial charge in [-0.05, 0) is 26.4 Å². The quantitative estimate of drug-likeness (QED) is 0.519. The van der Waals surface area contributed by atoms with Crippen LogP contribution in [0.5, 0.6) is 0 Å². The molecule has 0 saturated carbocycles. The van der Waals surface area contributed by atoms with Crippen LogP contribution in [0, 0.1) is 0 Å². The standard InChI is InChI=1S/C7H15NO2/c1-8-4-2-3-7(10)6(8)5-9/h6-7,9-10H,2-5H2,1H3/t6-,7+/m1/s1. The first-order valence-electron chi connectivity index (χ1n) is 3.75. The molecule has 0 bridgehead atoms. The summed E-state index contributed by atoms with van der Waals surface area (Å²) in [6, 6.07) is -0.0336. The lowest BCUT2D eigenvalue weighted by Crippen LogP contribution is -2.48. The fourth-order valence-corrected chi connectivity index (χ4v) is 1.46. The van der Waals surface area contributed by atoms with Gasteiger partial charge in [-0.2, -0.15) is 0 Å². The van der Waals surface area contributed by atoms with Crippen LogP contribution in [0.15, 0.2) is 0 Å². The van der Waals surface area contributed by atoms with Crippen molar-refractivity contribution in [1.29, 1.82) is 0 Å². The van der Waals surface area contributed by atoms with E-state index in [-0.39, 0.29) is 18.8 Å². The van der Waals surface area contributed by atoms with Crippen molar-refractivity contribution in [1.82, 2.24) is 4.90 Å². The Balaban J connectivity index is 2.45. The second-order valence-corrected chi connectivity index (χ2v) is 2.94. The zero-order valence-electron chi connectivity index (χ0n) is 6.32. The zero-order valence-corrected chi connectivity index (χ0v) is 6.32. The molecule has 0 amide bonds. The lowest BCUT2D eigenvalue weighted by Gasteiger charge is -2.34. The van der Waals surface area contributed by atoms with Gasteiger partial charge in [-0.1, -0.05) is 0 Å². The molecule has 10 heavy (non-hydrogen) atoms. The van der Waals surface area contributed by atoms with E-state index in [0.717, 1.165) is 19.4 Å². The van der Waals surface area contributed by atoms with Gasteiger partial charge in [0.2, 0.25) is 0 Å². The van der Waals surface area contributed by atoms with E-state index in [0.29, 0.717) is 0 Å². The van der Waals surface area contributed by atoms with E-state index in [2.05, 4.69) is 0 Å². The summed E-state index contributed by atoms with van der Waals surface area (Å²) in [6.07, 6.45) is 1.53. The first kappa shape index (κ1) is 7.98. The molecule has 0 aliphatic carbocycles. The maximum atomic E-state index is 9.34. The summed E-state index contributed by atoms with van der Waals surface area (Å²) in [5.41, 5.74) is 0. The van der Waals surface area contributed by atoms with E-state index in [4.69, 9.17) is 5.11 Å². The van der Waals surface area contributed by atoms with Crippen LogP contribution in [-0.2, 0) is 0 Å². The average Bonchev–Trinajstić information content (AvgIpc) is 1.88. The van der Waals surface area contributed by atoms with Gasteiger partial charge in [0.1, 0.15) is 0 Å².